The summed E-state index contributed by atoms with van der Waals surface area (Å²) in [6.45, 7) is 5.93. The minimum Gasteiger partial charge on any atom is -0.325 e. The van der Waals surface area contributed by atoms with E-state index in [2.05, 4.69) is 0 Å². The van der Waals surface area contributed by atoms with Gasteiger partial charge in [-0.2, -0.15) is 0 Å². The Labute approximate surface area is 120 Å². The van der Waals surface area contributed by atoms with Crippen LogP contribution in [0.3, 0.4) is 0 Å². The van der Waals surface area contributed by atoms with Gasteiger partial charge in [0.25, 0.3) is 0 Å². The van der Waals surface area contributed by atoms with Gasteiger partial charge in [-0.1, -0.05) is 18.2 Å². The number of rotatable bonds is 9. The molecule has 0 spiro atoms. The summed E-state index contributed by atoms with van der Waals surface area (Å²) in [5.74, 6) is -0.237. The molecule has 0 saturated carbocycles. The average molecular weight is 320 g/mol. The second-order valence-electron chi connectivity index (χ2n) is 4.01. The molecule has 0 bridgehead atoms. The van der Waals surface area contributed by atoms with E-state index < -0.39 is 15.0 Å². The molecule has 1 aromatic rings. The van der Waals surface area contributed by atoms with E-state index in [4.69, 9.17) is 13.6 Å². The van der Waals surface area contributed by atoms with Crippen LogP contribution in [0.25, 0.3) is 0 Å². The van der Waals surface area contributed by atoms with E-state index in [1.165, 1.54) is 0 Å². The summed E-state index contributed by atoms with van der Waals surface area (Å²) >= 11 is 0. The Balaban J connectivity index is 3.08. The molecule has 1 unspecified atom stereocenters. The first-order valence-corrected chi connectivity index (χ1v) is 10.2. The SMILES string of the molecule is CCOP(=O)(CP(=O)(OCC)c1ccccc1)OCC. The fourth-order valence-electron chi connectivity index (χ4n) is 1.80. The lowest BCUT2D eigenvalue weighted by atomic mass is 10.4. The van der Waals surface area contributed by atoms with Crippen LogP contribution >= 0.6 is 15.0 Å². The first kappa shape index (κ1) is 17.6. The molecule has 0 saturated heterocycles. The van der Waals surface area contributed by atoms with Gasteiger partial charge in [0.15, 0.2) is 0 Å². The van der Waals surface area contributed by atoms with Crippen LogP contribution in [-0.4, -0.2) is 25.7 Å². The van der Waals surface area contributed by atoms with Crippen LogP contribution in [-0.2, 0) is 22.7 Å². The van der Waals surface area contributed by atoms with Gasteiger partial charge < -0.3 is 13.6 Å². The fraction of sp³-hybridized carbons (Fsp3) is 0.538. The summed E-state index contributed by atoms with van der Waals surface area (Å²) in [7, 11) is -6.69. The van der Waals surface area contributed by atoms with Crippen LogP contribution in [0, 0.1) is 0 Å². The Morgan fingerprint density at radius 2 is 1.35 bits per heavy atom. The summed E-state index contributed by atoms with van der Waals surface area (Å²) < 4.78 is 41.5. The van der Waals surface area contributed by atoms with Crippen molar-refractivity contribution < 1.29 is 22.7 Å². The third-order valence-electron chi connectivity index (χ3n) is 2.50. The van der Waals surface area contributed by atoms with Crippen LogP contribution < -0.4 is 5.30 Å². The van der Waals surface area contributed by atoms with E-state index in [0.29, 0.717) is 5.30 Å². The molecular weight excluding hydrogens is 298 g/mol. The molecule has 1 atom stereocenters. The van der Waals surface area contributed by atoms with Gasteiger partial charge in [0.05, 0.1) is 19.8 Å². The zero-order valence-corrected chi connectivity index (χ0v) is 13.9. The van der Waals surface area contributed by atoms with E-state index in [1.807, 2.05) is 6.07 Å². The van der Waals surface area contributed by atoms with E-state index in [9.17, 15) is 9.13 Å². The van der Waals surface area contributed by atoms with Gasteiger partial charge in [0, 0.05) is 5.30 Å². The summed E-state index contributed by atoms with van der Waals surface area (Å²) in [6, 6.07) is 8.78. The summed E-state index contributed by atoms with van der Waals surface area (Å²) in [5.41, 5.74) is 0. The van der Waals surface area contributed by atoms with E-state index in [0.717, 1.165) is 0 Å². The Hall–Kier alpha value is -0.440. The van der Waals surface area contributed by atoms with E-state index in [1.54, 1.807) is 45.0 Å². The molecule has 114 valence electrons. The Kier molecular flexibility index (Phi) is 7.14. The maximum absolute atomic E-state index is 13.0. The zero-order chi connectivity index (χ0) is 15.1. The molecule has 0 aliphatic heterocycles. The number of hydrogen-bond donors (Lipinski definition) is 0. The van der Waals surface area contributed by atoms with Crippen LogP contribution in [0.1, 0.15) is 20.8 Å². The quantitative estimate of drug-likeness (QED) is 0.647. The summed E-state index contributed by atoms with van der Waals surface area (Å²) in [4.78, 5) is 0. The van der Waals surface area contributed by atoms with Crippen molar-refractivity contribution in [3.05, 3.63) is 30.3 Å². The van der Waals surface area contributed by atoms with Gasteiger partial charge in [-0.3, -0.25) is 9.13 Å². The molecule has 1 aromatic carbocycles. The second-order valence-corrected chi connectivity index (χ2v) is 9.01. The van der Waals surface area contributed by atoms with Gasteiger partial charge in [-0.25, -0.2) is 0 Å². The van der Waals surface area contributed by atoms with Crippen molar-refractivity contribution in [3.63, 3.8) is 0 Å². The molecule has 0 radical (unpaired) electrons. The third kappa shape index (κ3) is 4.83. The molecule has 0 fully saturated rings. The van der Waals surface area contributed by atoms with Gasteiger partial charge >= 0.3 is 7.60 Å². The highest BCUT2D eigenvalue weighted by atomic mass is 31.2. The van der Waals surface area contributed by atoms with Crippen molar-refractivity contribution in [2.45, 2.75) is 20.8 Å². The lowest BCUT2D eigenvalue weighted by Crippen LogP contribution is -2.12. The predicted octanol–water partition coefficient (Wildman–Crippen LogP) is 3.85. The van der Waals surface area contributed by atoms with Crippen molar-refractivity contribution in [1.29, 1.82) is 0 Å². The maximum Gasteiger partial charge on any atom is 0.340 e. The molecule has 0 N–H and O–H groups in total. The van der Waals surface area contributed by atoms with E-state index in [-0.39, 0.29) is 25.7 Å². The Morgan fingerprint density at radius 1 is 0.850 bits per heavy atom. The number of benzene rings is 1. The molecular formula is C13H22O5P2. The van der Waals surface area contributed by atoms with Crippen molar-refractivity contribution >= 4 is 20.3 Å². The molecule has 7 heteroatoms. The standard InChI is InChI=1S/C13H22O5P2/c1-4-16-19(14,13-10-8-7-9-11-13)12-20(15,17-5-2)18-6-3/h7-11H,4-6,12H2,1-3H3. The predicted molar refractivity (Wildman–Crippen MR) is 81.0 cm³/mol. The maximum atomic E-state index is 13.0. The first-order chi connectivity index (χ1) is 9.49. The Bertz CT molecular complexity index is 479. The topological polar surface area (TPSA) is 61.8 Å². The summed E-state index contributed by atoms with van der Waals surface area (Å²) in [5, 5.41) is 0.529. The van der Waals surface area contributed by atoms with Crippen LogP contribution in [0.15, 0.2) is 30.3 Å². The van der Waals surface area contributed by atoms with Crippen molar-refractivity contribution in [3.8, 4) is 0 Å². The van der Waals surface area contributed by atoms with E-state index >= 15 is 0 Å². The largest absolute Gasteiger partial charge is 0.340 e. The monoisotopic (exact) mass is 320 g/mol. The van der Waals surface area contributed by atoms with Gasteiger partial charge in [0.1, 0.15) is 5.90 Å². The minimum absolute atomic E-state index is 0.234. The number of hydrogen-bond acceptors (Lipinski definition) is 5. The summed E-state index contributed by atoms with van der Waals surface area (Å²) in [6.07, 6.45) is 0. The second kappa shape index (κ2) is 8.11. The van der Waals surface area contributed by atoms with Crippen LogP contribution in [0.5, 0.6) is 0 Å². The third-order valence-corrected chi connectivity index (χ3v) is 8.44. The van der Waals surface area contributed by atoms with Crippen LogP contribution in [0.4, 0.5) is 0 Å². The molecule has 0 aliphatic rings. The average Bonchev–Trinajstić information content (AvgIpc) is 2.40. The zero-order valence-electron chi connectivity index (χ0n) is 12.2. The molecule has 20 heavy (non-hydrogen) atoms. The first-order valence-electron chi connectivity index (χ1n) is 6.67. The van der Waals surface area contributed by atoms with Crippen molar-refractivity contribution in [2.24, 2.45) is 0 Å². The molecule has 0 amide bonds. The molecule has 0 aliphatic carbocycles. The highest BCUT2D eigenvalue weighted by molar-refractivity contribution is 7.78. The molecule has 0 heterocycles. The fourth-order valence-corrected chi connectivity index (χ4v) is 7.31. The molecule has 0 aromatic heterocycles. The van der Waals surface area contributed by atoms with Gasteiger partial charge in [-0.15, -0.1) is 0 Å². The normalized spacial score (nSPS) is 14.9. The van der Waals surface area contributed by atoms with Crippen LogP contribution in [0.2, 0.25) is 0 Å². The molecule has 5 nitrogen and oxygen atoms in total. The lowest BCUT2D eigenvalue weighted by molar-refractivity contribution is 0.222. The Morgan fingerprint density at radius 3 is 1.80 bits per heavy atom. The lowest BCUT2D eigenvalue weighted by Gasteiger charge is -2.23. The smallest absolute Gasteiger partial charge is 0.325 e. The van der Waals surface area contributed by atoms with Crippen molar-refractivity contribution in [1.82, 2.24) is 0 Å². The van der Waals surface area contributed by atoms with Gasteiger partial charge in [-0.05, 0) is 32.9 Å². The highest BCUT2D eigenvalue weighted by Crippen LogP contribution is 2.62. The minimum atomic E-state index is -3.42. The molecule has 1 rings (SSSR count). The van der Waals surface area contributed by atoms with Gasteiger partial charge in [0.2, 0.25) is 7.37 Å². The highest BCUT2D eigenvalue weighted by Gasteiger charge is 2.38. The van der Waals surface area contributed by atoms with Crippen molar-refractivity contribution in [2.75, 3.05) is 25.7 Å².